The van der Waals surface area contributed by atoms with E-state index < -0.39 is 9.84 Å². The Kier molecular flexibility index (Phi) is 6.82. The van der Waals surface area contributed by atoms with Crippen LogP contribution in [0.3, 0.4) is 0 Å². The number of nitrogens with zero attached hydrogens (tertiary/aromatic N) is 1. The second-order valence-corrected chi connectivity index (χ2v) is 9.59. The van der Waals surface area contributed by atoms with Crippen LogP contribution in [-0.4, -0.2) is 38.7 Å². The Labute approximate surface area is 178 Å². The molecule has 3 rings (SSSR count). The normalized spacial score (nSPS) is 12.3. The highest BCUT2D eigenvalue weighted by molar-refractivity contribution is 7.90. The lowest BCUT2D eigenvalue weighted by molar-refractivity contribution is 0.601. The first-order valence-corrected chi connectivity index (χ1v) is 12.1. The van der Waals surface area contributed by atoms with Crippen LogP contribution in [-0.2, 0) is 22.8 Å². The fraction of sp³-hybridized carbons (Fsp3) is 0.348. The van der Waals surface area contributed by atoms with Gasteiger partial charge in [-0.15, -0.1) is 0 Å². The lowest BCUT2D eigenvalue weighted by atomic mass is 10.1. The van der Waals surface area contributed by atoms with E-state index in [1.807, 2.05) is 26.0 Å². The van der Waals surface area contributed by atoms with Crippen molar-refractivity contribution in [2.75, 3.05) is 19.3 Å². The number of aromatic nitrogens is 1. The summed E-state index contributed by atoms with van der Waals surface area (Å²) < 4.78 is 23.6. The molecule has 1 aromatic heterocycles. The maximum atomic E-state index is 11.8. The minimum atomic E-state index is -3.20. The van der Waals surface area contributed by atoms with Gasteiger partial charge in [0.2, 0.25) is 0 Å². The van der Waals surface area contributed by atoms with Gasteiger partial charge in [-0.1, -0.05) is 24.3 Å². The summed E-state index contributed by atoms with van der Waals surface area (Å²) in [6, 6.07) is 11.8. The largest absolute Gasteiger partial charge is 0.361 e. The van der Waals surface area contributed by atoms with E-state index in [2.05, 4.69) is 51.9 Å². The SMILES string of the molecule is CCNC(=NCc1ccc(S(C)(=O)=O)c(C)c1)NCCc1c[nH]c2cc(C)ccc12. The summed E-state index contributed by atoms with van der Waals surface area (Å²) in [7, 11) is -3.20. The first-order valence-electron chi connectivity index (χ1n) is 10.2. The fourth-order valence-electron chi connectivity index (χ4n) is 3.56. The number of aryl methyl sites for hydroxylation is 2. The molecule has 0 amide bonds. The van der Waals surface area contributed by atoms with Gasteiger partial charge in [0.25, 0.3) is 0 Å². The molecule has 0 radical (unpaired) electrons. The van der Waals surface area contributed by atoms with Gasteiger partial charge in [-0.2, -0.15) is 0 Å². The van der Waals surface area contributed by atoms with E-state index in [4.69, 9.17) is 0 Å². The van der Waals surface area contributed by atoms with Crippen molar-refractivity contribution in [1.29, 1.82) is 0 Å². The third kappa shape index (κ3) is 5.42. The molecule has 1 heterocycles. The zero-order valence-electron chi connectivity index (χ0n) is 18.0. The van der Waals surface area contributed by atoms with Gasteiger partial charge in [-0.05, 0) is 61.6 Å². The highest BCUT2D eigenvalue weighted by Gasteiger charge is 2.11. The van der Waals surface area contributed by atoms with E-state index in [-0.39, 0.29) is 0 Å². The van der Waals surface area contributed by atoms with Crippen LogP contribution >= 0.6 is 0 Å². The number of hydrogen-bond donors (Lipinski definition) is 3. The molecular weight excluding hydrogens is 396 g/mol. The van der Waals surface area contributed by atoms with Gasteiger partial charge in [0.1, 0.15) is 0 Å². The molecule has 0 fully saturated rings. The Morgan fingerprint density at radius 3 is 2.60 bits per heavy atom. The molecule has 0 saturated heterocycles. The minimum absolute atomic E-state index is 0.370. The Balaban J connectivity index is 1.64. The van der Waals surface area contributed by atoms with E-state index in [1.165, 1.54) is 28.3 Å². The Bertz CT molecular complexity index is 1160. The maximum Gasteiger partial charge on any atom is 0.191 e. The molecule has 0 spiro atoms. The number of guanidine groups is 1. The summed E-state index contributed by atoms with van der Waals surface area (Å²) in [5.41, 5.74) is 5.41. The van der Waals surface area contributed by atoms with Gasteiger partial charge >= 0.3 is 0 Å². The standard InChI is InChI=1S/C23H30N4O2S/c1-5-24-23(27-14-18-7-9-22(17(3)13-18)30(4,28)29)25-11-10-19-15-26-21-12-16(2)6-8-20(19)21/h6-9,12-13,15,26H,5,10-11,14H2,1-4H3,(H2,24,25,27). The molecule has 0 aliphatic carbocycles. The summed E-state index contributed by atoms with van der Waals surface area (Å²) in [5.74, 6) is 0.748. The minimum Gasteiger partial charge on any atom is -0.361 e. The van der Waals surface area contributed by atoms with Crippen molar-refractivity contribution < 1.29 is 8.42 Å². The molecule has 7 heteroatoms. The average molecular weight is 427 g/mol. The van der Waals surface area contributed by atoms with Crippen LogP contribution in [0.5, 0.6) is 0 Å². The average Bonchev–Trinajstić information content (AvgIpc) is 3.07. The van der Waals surface area contributed by atoms with Crippen LogP contribution in [0.4, 0.5) is 0 Å². The molecule has 0 saturated carbocycles. The van der Waals surface area contributed by atoms with Crippen molar-refractivity contribution in [3.05, 3.63) is 64.8 Å². The Morgan fingerprint density at radius 1 is 1.10 bits per heavy atom. The summed E-state index contributed by atoms with van der Waals surface area (Å²) in [4.78, 5) is 8.36. The summed E-state index contributed by atoms with van der Waals surface area (Å²) in [5, 5.41) is 7.90. The first-order chi connectivity index (χ1) is 14.3. The summed E-state index contributed by atoms with van der Waals surface area (Å²) >= 11 is 0. The number of aromatic amines is 1. The molecule has 3 aromatic rings. The number of benzene rings is 2. The van der Waals surface area contributed by atoms with Crippen LogP contribution < -0.4 is 10.6 Å². The van der Waals surface area contributed by atoms with Crippen molar-refractivity contribution in [3.8, 4) is 0 Å². The first kappa shape index (κ1) is 21.9. The third-order valence-electron chi connectivity index (χ3n) is 5.01. The molecular formula is C23H30N4O2S. The molecule has 160 valence electrons. The second-order valence-electron chi connectivity index (χ2n) is 7.61. The molecule has 2 aromatic carbocycles. The highest BCUT2D eigenvalue weighted by atomic mass is 32.2. The topological polar surface area (TPSA) is 86.3 Å². The number of hydrogen-bond acceptors (Lipinski definition) is 3. The zero-order valence-corrected chi connectivity index (χ0v) is 18.9. The molecule has 0 atom stereocenters. The van der Waals surface area contributed by atoms with Gasteiger partial charge in [0.05, 0.1) is 11.4 Å². The highest BCUT2D eigenvalue weighted by Crippen LogP contribution is 2.20. The molecule has 0 bridgehead atoms. The smallest absolute Gasteiger partial charge is 0.191 e. The Hall–Kier alpha value is -2.80. The number of aliphatic imine (C=N–C) groups is 1. The number of nitrogens with one attached hydrogen (secondary N) is 3. The van der Waals surface area contributed by atoms with Crippen LogP contribution in [0.25, 0.3) is 10.9 Å². The quantitative estimate of drug-likeness (QED) is 0.399. The molecule has 6 nitrogen and oxygen atoms in total. The Morgan fingerprint density at radius 2 is 1.90 bits per heavy atom. The summed E-state index contributed by atoms with van der Waals surface area (Å²) in [6.07, 6.45) is 4.19. The molecule has 3 N–H and O–H groups in total. The van der Waals surface area contributed by atoms with Gasteiger partial charge in [-0.3, -0.25) is 0 Å². The third-order valence-corrected chi connectivity index (χ3v) is 6.27. The zero-order chi connectivity index (χ0) is 21.7. The second kappa shape index (κ2) is 9.34. The monoisotopic (exact) mass is 426 g/mol. The van der Waals surface area contributed by atoms with Gasteiger partial charge in [0.15, 0.2) is 15.8 Å². The van der Waals surface area contributed by atoms with E-state index in [1.54, 1.807) is 6.07 Å². The van der Waals surface area contributed by atoms with Gasteiger partial charge in [0, 0.05) is 36.4 Å². The van der Waals surface area contributed by atoms with Crippen molar-refractivity contribution in [3.63, 3.8) is 0 Å². The molecule has 0 aliphatic heterocycles. The molecule has 30 heavy (non-hydrogen) atoms. The van der Waals surface area contributed by atoms with Crippen LogP contribution in [0.15, 0.2) is 52.5 Å². The molecule has 0 unspecified atom stereocenters. The lowest BCUT2D eigenvalue weighted by Gasteiger charge is -2.12. The molecule has 0 aliphatic rings. The predicted octanol–water partition coefficient (Wildman–Crippen LogP) is 3.49. The van der Waals surface area contributed by atoms with E-state index in [0.29, 0.717) is 11.4 Å². The number of sulfone groups is 1. The number of fused-ring (bicyclic) bond motifs is 1. The van der Waals surface area contributed by atoms with Crippen molar-refractivity contribution >= 4 is 26.7 Å². The fourth-order valence-corrected chi connectivity index (χ4v) is 4.52. The van der Waals surface area contributed by atoms with Crippen LogP contribution in [0, 0.1) is 13.8 Å². The van der Waals surface area contributed by atoms with E-state index >= 15 is 0 Å². The summed E-state index contributed by atoms with van der Waals surface area (Å²) in [6.45, 7) is 7.95. The van der Waals surface area contributed by atoms with E-state index in [9.17, 15) is 8.42 Å². The number of H-pyrrole nitrogens is 1. The van der Waals surface area contributed by atoms with Crippen LogP contribution in [0.2, 0.25) is 0 Å². The van der Waals surface area contributed by atoms with E-state index in [0.717, 1.165) is 36.6 Å². The number of rotatable bonds is 7. The lowest BCUT2D eigenvalue weighted by Crippen LogP contribution is -2.38. The van der Waals surface area contributed by atoms with Crippen molar-refractivity contribution in [2.24, 2.45) is 4.99 Å². The van der Waals surface area contributed by atoms with Crippen LogP contribution in [0.1, 0.15) is 29.2 Å². The van der Waals surface area contributed by atoms with Crippen molar-refractivity contribution in [2.45, 2.75) is 38.6 Å². The van der Waals surface area contributed by atoms with Gasteiger partial charge < -0.3 is 15.6 Å². The van der Waals surface area contributed by atoms with Gasteiger partial charge in [-0.25, -0.2) is 13.4 Å². The predicted molar refractivity (Wildman–Crippen MR) is 124 cm³/mol. The van der Waals surface area contributed by atoms with Crippen molar-refractivity contribution in [1.82, 2.24) is 15.6 Å². The maximum absolute atomic E-state index is 11.8.